The highest BCUT2D eigenvalue weighted by Crippen LogP contribution is 2.27. The van der Waals surface area contributed by atoms with Crippen LogP contribution >= 0.6 is 15.9 Å². The number of piperidine rings is 1. The monoisotopic (exact) mass is 325 g/mol. The molecule has 19 heavy (non-hydrogen) atoms. The van der Waals surface area contributed by atoms with Crippen LogP contribution in [-0.4, -0.2) is 28.5 Å². The van der Waals surface area contributed by atoms with Gasteiger partial charge in [0, 0.05) is 17.1 Å². The Kier molecular flexibility index (Phi) is 4.86. The molecule has 1 aliphatic heterocycles. The van der Waals surface area contributed by atoms with Crippen molar-refractivity contribution >= 4 is 21.8 Å². The second-order valence-electron chi connectivity index (χ2n) is 5.10. The van der Waals surface area contributed by atoms with Crippen molar-refractivity contribution in [2.24, 2.45) is 0 Å². The Balaban J connectivity index is 2.21. The summed E-state index contributed by atoms with van der Waals surface area (Å²) in [5.41, 5.74) is 0.409. The molecule has 1 heterocycles. The lowest BCUT2D eigenvalue weighted by Gasteiger charge is -2.36. The first-order chi connectivity index (χ1) is 9.13. The van der Waals surface area contributed by atoms with Crippen molar-refractivity contribution in [2.45, 2.75) is 45.1 Å². The van der Waals surface area contributed by atoms with Crippen LogP contribution in [0.5, 0.6) is 5.75 Å². The maximum absolute atomic E-state index is 12.6. The molecule has 2 rings (SSSR count). The number of carbonyl (C=O) groups is 1. The van der Waals surface area contributed by atoms with Crippen molar-refractivity contribution in [1.29, 1.82) is 0 Å². The Morgan fingerprint density at radius 1 is 1.47 bits per heavy atom. The first-order valence-electron chi connectivity index (χ1n) is 6.93. The van der Waals surface area contributed by atoms with Crippen LogP contribution in [0.25, 0.3) is 0 Å². The van der Waals surface area contributed by atoms with Crippen molar-refractivity contribution in [2.75, 3.05) is 6.54 Å². The summed E-state index contributed by atoms with van der Waals surface area (Å²) in [6.07, 6.45) is 5.46. The molecule has 1 aromatic carbocycles. The Labute approximate surface area is 122 Å². The third kappa shape index (κ3) is 3.30. The summed E-state index contributed by atoms with van der Waals surface area (Å²) >= 11 is 3.29. The highest BCUT2D eigenvalue weighted by Gasteiger charge is 2.28. The molecule has 1 aliphatic rings. The molecule has 104 valence electrons. The Morgan fingerprint density at radius 3 is 2.95 bits per heavy atom. The zero-order valence-corrected chi connectivity index (χ0v) is 12.8. The predicted molar refractivity (Wildman–Crippen MR) is 79.4 cm³/mol. The average Bonchev–Trinajstić information content (AvgIpc) is 2.39. The summed E-state index contributed by atoms with van der Waals surface area (Å²) in [5.74, 6) is 0.0170. The number of phenols is 1. The van der Waals surface area contributed by atoms with Gasteiger partial charge >= 0.3 is 0 Å². The smallest absolute Gasteiger partial charge is 0.257 e. The van der Waals surface area contributed by atoms with Crippen LogP contribution in [0.4, 0.5) is 0 Å². The zero-order valence-electron chi connectivity index (χ0n) is 11.2. The van der Waals surface area contributed by atoms with E-state index in [4.69, 9.17) is 0 Å². The van der Waals surface area contributed by atoms with Crippen LogP contribution in [0.1, 0.15) is 49.4 Å². The summed E-state index contributed by atoms with van der Waals surface area (Å²) in [5, 5.41) is 9.93. The summed E-state index contributed by atoms with van der Waals surface area (Å²) in [6.45, 7) is 2.95. The zero-order chi connectivity index (χ0) is 13.8. The maximum Gasteiger partial charge on any atom is 0.257 e. The first kappa shape index (κ1) is 14.4. The minimum atomic E-state index is -0.0387. The Bertz CT molecular complexity index is 459. The number of nitrogens with zero attached hydrogens (tertiary/aromatic N) is 1. The van der Waals surface area contributed by atoms with E-state index in [1.165, 1.54) is 6.42 Å². The number of likely N-dealkylation sites (tertiary alicyclic amines) is 1. The van der Waals surface area contributed by atoms with Crippen molar-refractivity contribution in [3.63, 3.8) is 0 Å². The second kappa shape index (κ2) is 6.42. The van der Waals surface area contributed by atoms with Crippen LogP contribution in [0.2, 0.25) is 0 Å². The molecule has 0 saturated carbocycles. The third-order valence-electron chi connectivity index (χ3n) is 3.70. The summed E-state index contributed by atoms with van der Waals surface area (Å²) in [6, 6.07) is 5.39. The summed E-state index contributed by atoms with van der Waals surface area (Å²) in [7, 11) is 0. The molecule has 1 amide bonds. The van der Waals surface area contributed by atoms with E-state index >= 15 is 0 Å². The second-order valence-corrected chi connectivity index (χ2v) is 6.01. The van der Waals surface area contributed by atoms with Gasteiger partial charge in [0.1, 0.15) is 5.75 Å². The third-order valence-corrected chi connectivity index (χ3v) is 4.19. The van der Waals surface area contributed by atoms with Crippen molar-refractivity contribution < 1.29 is 9.90 Å². The maximum atomic E-state index is 12.6. The molecule has 1 N–H and O–H groups in total. The van der Waals surface area contributed by atoms with E-state index in [-0.39, 0.29) is 11.7 Å². The van der Waals surface area contributed by atoms with Crippen molar-refractivity contribution in [3.8, 4) is 5.75 Å². The lowest BCUT2D eigenvalue weighted by molar-refractivity contribution is 0.0597. The number of amides is 1. The van der Waals surface area contributed by atoms with Crippen LogP contribution in [0, 0.1) is 0 Å². The normalized spacial score (nSPS) is 19.5. The molecule has 4 heteroatoms. The molecule has 1 saturated heterocycles. The summed E-state index contributed by atoms with van der Waals surface area (Å²) < 4.78 is 0.783. The molecule has 1 atom stereocenters. The van der Waals surface area contributed by atoms with Crippen LogP contribution < -0.4 is 0 Å². The molecular weight excluding hydrogens is 306 g/mol. The first-order valence-corrected chi connectivity index (χ1v) is 7.72. The molecule has 0 spiro atoms. The van der Waals surface area contributed by atoms with Crippen LogP contribution in [0.15, 0.2) is 22.7 Å². The highest BCUT2D eigenvalue weighted by atomic mass is 79.9. The topological polar surface area (TPSA) is 40.5 Å². The Morgan fingerprint density at radius 2 is 2.26 bits per heavy atom. The van der Waals surface area contributed by atoms with Gasteiger partial charge in [-0.15, -0.1) is 0 Å². The minimum Gasteiger partial charge on any atom is -0.507 e. The van der Waals surface area contributed by atoms with E-state index < -0.39 is 0 Å². The quantitative estimate of drug-likeness (QED) is 0.914. The van der Waals surface area contributed by atoms with Gasteiger partial charge in [-0.25, -0.2) is 0 Å². The van der Waals surface area contributed by atoms with Gasteiger partial charge in [0.25, 0.3) is 5.91 Å². The molecule has 0 aromatic heterocycles. The van der Waals surface area contributed by atoms with Crippen molar-refractivity contribution in [1.82, 2.24) is 4.90 Å². The van der Waals surface area contributed by atoms with Gasteiger partial charge in [0.05, 0.1) is 5.56 Å². The number of hydrogen-bond donors (Lipinski definition) is 1. The number of aromatic hydroxyl groups is 1. The average molecular weight is 326 g/mol. The number of carbonyl (C=O) groups excluding carboxylic acids is 1. The molecule has 3 nitrogen and oxygen atoms in total. The van der Waals surface area contributed by atoms with Gasteiger partial charge in [-0.2, -0.15) is 0 Å². The van der Waals surface area contributed by atoms with E-state index in [0.29, 0.717) is 11.6 Å². The van der Waals surface area contributed by atoms with Gasteiger partial charge < -0.3 is 10.0 Å². The predicted octanol–water partition coefficient (Wildman–Crippen LogP) is 3.95. The highest BCUT2D eigenvalue weighted by molar-refractivity contribution is 9.10. The molecule has 0 bridgehead atoms. The number of rotatable bonds is 3. The lowest BCUT2D eigenvalue weighted by Crippen LogP contribution is -2.43. The van der Waals surface area contributed by atoms with Gasteiger partial charge in [-0.3, -0.25) is 4.79 Å². The SMILES string of the molecule is CCCC1CCCCN1C(=O)c1ccc(Br)cc1O. The summed E-state index contributed by atoms with van der Waals surface area (Å²) in [4.78, 5) is 14.5. The van der Waals surface area contributed by atoms with Gasteiger partial charge in [0.15, 0.2) is 0 Å². The number of hydrogen-bond acceptors (Lipinski definition) is 2. The molecule has 0 radical (unpaired) electrons. The fraction of sp³-hybridized carbons (Fsp3) is 0.533. The number of phenolic OH excluding ortho intramolecular Hbond substituents is 1. The van der Waals surface area contributed by atoms with Crippen LogP contribution in [-0.2, 0) is 0 Å². The van der Waals surface area contributed by atoms with Gasteiger partial charge in [0.2, 0.25) is 0 Å². The minimum absolute atomic E-state index is 0.0387. The molecule has 1 unspecified atom stereocenters. The van der Waals surface area contributed by atoms with Crippen LogP contribution in [0.3, 0.4) is 0 Å². The number of benzene rings is 1. The molecular formula is C15H20BrNO2. The van der Waals surface area contributed by atoms with Gasteiger partial charge in [-0.05, 0) is 43.9 Å². The largest absolute Gasteiger partial charge is 0.507 e. The fourth-order valence-electron chi connectivity index (χ4n) is 2.74. The standard InChI is InChI=1S/C15H20BrNO2/c1-2-5-12-6-3-4-9-17(12)15(19)13-8-7-11(16)10-14(13)18/h7-8,10,12,18H,2-6,9H2,1H3. The van der Waals surface area contributed by atoms with E-state index in [9.17, 15) is 9.90 Å². The van der Waals surface area contributed by atoms with E-state index in [0.717, 1.165) is 36.7 Å². The van der Waals surface area contributed by atoms with E-state index in [1.54, 1.807) is 18.2 Å². The molecule has 1 aromatic rings. The molecule has 1 fully saturated rings. The van der Waals surface area contributed by atoms with Crippen molar-refractivity contribution in [3.05, 3.63) is 28.2 Å². The van der Waals surface area contributed by atoms with E-state index in [2.05, 4.69) is 22.9 Å². The lowest BCUT2D eigenvalue weighted by atomic mass is 9.97. The fourth-order valence-corrected chi connectivity index (χ4v) is 3.09. The van der Waals surface area contributed by atoms with Gasteiger partial charge in [-0.1, -0.05) is 29.3 Å². The van der Waals surface area contributed by atoms with E-state index in [1.807, 2.05) is 4.90 Å². The Hall–Kier alpha value is -1.03. The molecule has 0 aliphatic carbocycles. The number of halogens is 1.